The minimum Gasteiger partial charge on any atom is -0.492 e. The van der Waals surface area contributed by atoms with Crippen molar-refractivity contribution in [1.82, 2.24) is 9.97 Å². The third kappa shape index (κ3) is 3.10. The molecule has 22 heavy (non-hydrogen) atoms. The molecule has 1 N–H and O–H groups in total. The SMILES string of the molecule is Cc1cc(C#N)cc(C)c1OCC1CCCc2[nH]cnc21.Cl. The molecule has 5 heteroatoms. The fraction of sp³-hybridized carbons (Fsp3) is 0.412. The van der Waals surface area contributed by atoms with E-state index in [0.29, 0.717) is 18.1 Å². The molecule has 116 valence electrons. The summed E-state index contributed by atoms with van der Waals surface area (Å²) < 4.78 is 6.07. The number of aromatic nitrogens is 2. The lowest BCUT2D eigenvalue weighted by atomic mass is 9.90. The molecule has 0 saturated carbocycles. The van der Waals surface area contributed by atoms with Crippen LogP contribution in [0.25, 0.3) is 0 Å². The number of benzene rings is 1. The molecule has 0 spiro atoms. The molecule has 1 heterocycles. The average Bonchev–Trinajstić information content (AvgIpc) is 2.95. The molecular weight excluding hydrogens is 298 g/mol. The average molecular weight is 318 g/mol. The molecule has 0 saturated heterocycles. The number of imidazole rings is 1. The molecule has 1 aromatic carbocycles. The first kappa shape index (κ1) is 16.4. The van der Waals surface area contributed by atoms with Crippen LogP contribution in [0, 0.1) is 25.2 Å². The number of nitrogens with zero attached hydrogens (tertiary/aromatic N) is 2. The number of hydrogen-bond acceptors (Lipinski definition) is 3. The molecule has 1 atom stereocenters. The second-order valence-corrected chi connectivity index (χ2v) is 5.72. The minimum absolute atomic E-state index is 0. The van der Waals surface area contributed by atoms with Gasteiger partial charge in [-0.1, -0.05) is 0 Å². The highest BCUT2D eigenvalue weighted by atomic mass is 35.5. The molecule has 0 radical (unpaired) electrons. The molecule has 0 bridgehead atoms. The highest BCUT2D eigenvalue weighted by Crippen LogP contribution is 2.31. The van der Waals surface area contributed by atoms with Gasteiger partial charge in [0.1, 0.15) is 5.75 Å². The molecule has 1 aliphatic rings. The number of nitrogens with one attached hydrogen (secondary N) is 1. The first-order valence-electron chi connectivity index (χ1n) is 7.35. The maximum absolute atomic E-state index is 8.99. The fourth-order valence-electron chi connectivity index (χ4n) is 3.13. The van der Waals surface area contributed by atoms with E-state index >= 15 is 0 Å². The second kappa shape index (κ2) is 6.85. The lowest BCUT2D eigenvalue weighted by Gasteiger charge is -2.22. The molecular formula is C17H20ClN3O. The Kier molecular flexibility index (Phi) is 5.10. The van der Waals surface area contributed by atoms with E-state index in [4.69, 9.17) is 10.00 Å². The first-order valence-corrected chi connectivity index (χ1v) is 7.35. The van der Waals surface area contributed by atoms with Crippen LogP contribution in [0.4, 0.5) is 0 Å². The van der Waals surface area contributed by atoms with E-state index in [9.17, 15) is 0 Å². The van der Waals surface area contributed by atoms with Gasteiger partial charge in [0.2, 0.25) is 0 Å². The van der Waals surface area contributed by atoms with Crippen LogP contribution >= 0.6 is 12.4 Å². The number of ether oxygens (including phenoxy) is 1. The summed E-state index contributed by atoms with van der Waals surface area (Å²) in [6.07, 6.45) is 5.16. The molecule has 2 aromatic rings. The van der Waals surface area contributed by atoms with Crippen molar-refractivity contribution in [3.8, 4) is 11.8 Å². The summed E-state index contributed by atoms with van der Waals surface area (Å²) in [5.41, 5.74) is 5.13. The zero-order valence-electron chi connectivity index (χ0n) is 12.8. The zero-order valence-corrected chi connectivity index (χ0v) is 13.7. The molecule has 0 aliphatic heterocycles. The Morgan fingerprint density at radius 1 is 1.36 bits per heavy atom. The van der Waals surface area contributed by atoms with Crippen molar-refractivity contribution in [2.75, 3.05) is 6.61 Å². The third-order valence-electron chi connectivity index (χ3n) is 4.14. The van der Waals surface area contributed by atoms with Gasteiger partial charge in [-0.15, -0.1) is 12.4 Å². The third-order valence-corrected chi connectivity index (χ3v) is 4.14. The summed E-state index contributed by atoms with van der Waals surface area (Å²) >= 11 is 0. The highest BCUT2D eigenvalue weighted by molar-refractivity contribution is 5.85. The predicted molar refractivity (Wildman–Crippen MR) is 87.6 cm³/mol. The van der Waals surface area contributed by atoms with Gasteiger partial charge in [-0.2, -0.15) is 5.26 Å². The van der Waals surface area contributed by atoms with Crippen LogP contribution in [-0.2, 0) is 6.42 Å². The van der Waals surface area contributed by atoms with E-state index in [1.165, 1.54) is 12.1 Å². The van der Waals surface area contributed by atoms with Crippen LogP contribution < -0.4 is 4.74 Å². The van der Waals surface area contributed by atoms with Crippen molar-refractivity contribution in [3.05, 3.63) is 46.5 Å². The summed E-state index contributed by atoms with van der Waals surface area (Å²) in [4.78, 5) is 7.66. The summed E-state index contributed by atoms with van der Waals surface area (Å²) in [6.45, 7) is 4.62. The van der Waals surface area contributed by atoms with Crippen LogP contribution in [0.15, 0.2) is 18.5 Å². The van der Waals surface area contributed by atoms with Crippen LogP contribution in [0.1, 0.15) is 46.8 Å². The molecule has 3 rings (SSSR count). The summed E-state index contributed by atoms with van der Waals surface area (Å²) in [5.74, 6) is 1.26. The summed E-state index contributed by atoms with van der Waals surface area (Å²) in [6, 6.07) is 5.94. The number of hydrogen-bond donors (Lipinski definition) is 1. The summed E-state index contributed by atoms with van der Waals surface area (Å²) in [7, 11) is 0. The van der Waals surface area contributed by atoms with Crippen LogP contribution in [-0.4, -0.2) is 16.6 Å². The number of fused-ring (bicyclic) bond motifs is 1. The van der Waals surface area contributed by atoms with E-state index in [0.717, 1.165) is 35.4 Å². The van der Waals surface area contributed by atoms with Crippen molar-refractivity contribution in [3.63, 3.8) is 0 Å². The van der Waals surface area contributed by atoms with Gasteiger partial charge in [0.15, 0.2) is 0 Å². The first-order chi connectivity index (χ1) is 10.2. The summed E-state index contributed by atoms with van der Waals surface area (Å²) in [5, 5.41) is 8.99. The van der Waals surface area contributed by atoms with E-state index in [1.807, 2.05) is 26.0 Å². The lowest BCUT2D eigenvalue weighted by molar-refractivity contribution is 0.269. The van der Waals surface area contributed by atoms with Crippen molar-refractivity contribution in [2.24, 2.45) is 0 Å². The Labute approximate surface area is 136 Å². The van der Waals surface area contributed by atoms with E-state index in [1.54, 1.807) is 6.33 Å². The van der Waals surface area contributed by atoms with Crippen molar-refractivity contribution in [1.29, 1.82) is 5.26 Å². The minimum atomic E-state index is 0. The molecule has 0 amide bonds. The fourth-order valence-corrected chi connectivity index (χ4v) is 3.13. The zero-order chi connectivity index (χ0) is 14.8. The maximum atomic E-state index is 8.99. The van der Waals surface area contributed by atoms with Gasteiger partial charge < -0.3 is 9.72 Å². The smallest absolute Gasteiger partial charge is 0.125 e. The van der Waals surface area contributed by atoms with Gasteiger partial charge in [-0.3, -0.25) is 0 Å². The number of rotatable bonds is 3. The van der Waals surface area contributed by atoms with Gasteiger partial charge in [0, 0.05) is 11.6 Å². The molecule has 1 aromatic heterocycles. The van der Waals surface area contributed by atoms with E-state index < -0.39 is 0 Å². The number of aromatic amines is 1. The van der Waals surface area contributed by atoms with Crippen LogP contribution in [0.5, 0.6) is 5.75 Å². The lowest BCUT2D eigenvalue weighted by Crippen LogP contribution is -2.17. The number of halogens is 1. The topological polar surface area (TPSA) is 61.7 Å². The van der Waals surface area contributed by atoms with Crippen LogP contribution in [0.3, 0.4) is 0 Å². The largest absolute Gasteiger partial charge is 0.492 e. The second-order valence-electron chi connectivity index (χ2n) is 5.72. The van der Waals surface area contributed by atoms with E-state index in [-0.39, 0.29) is 12.4 Å². The number of nitriles is 1. The van der Waals surface area contributed by atoms with Gasteiger partial charge >= 0.3 is 0 Å². The van der Waals surface area contributed by atoms with Crippen molar-refractivity contribution < 1.29 is 4.74 Å². The Hall–Kier alpha value is -1.99. The Bertz CT molecular complexity index is 679. The quantitative estimate of drug-likeness (QED) is 0.936. The molecule has 4 nitrogen and oxygen atoms in total. The van der Waals surface area contributed by atoms with Crippen molar-refractivity contribution in [2.45, 2.75) is 39.0 Å². The predicted octanol–water partition coefficient (Wildman–Crippen LogP) is 3.82. The van der Waals surface area contributed by atoms with Crippen molar-refractivity contribution >= 4 is 12.4 Å². The van der Waals surface area contributed by atoms with Gasteiger partial charge in [0.05, 0.1) is 30.3 Å². The normalized spacial score (nSPS) is 16.3. The highest BCUT2D eigenvalue weighted by Gasteiger charge is 2.23. The number of H-pyrrole nitrogens is 1. The van der Waals surface area contributed by atoms with E-state index in [2.05, 4.69) is 16.0 Å². The maximum Gasteiger partial charge on any atom is 0.125 e. The Morgan fingerprint density at radius 2 is 2.09 bits per heavy atom. The molecule has 1 unspecified atom stereocenters. The van der Waals surface area contributed by atoms with Gasteiger partial charge in [-0.05, 0) is 56.4 Å². The number of aryl methyl sites for hydroxylation is 3. The monoisotopic (exact) mass is 317 g/mol. The molecule has 1 aliphatic carbocycles. The van der Waals surface area contributed by atoms with Crippen LogP contribution in [0.2, 0.25) is 0 Å². The molecule has 0 fully saturated rings. The Balaban J connectivity index is 0.00000176. The Morgan fingerprint density at radius 3 is 2.77 bits per heavy atom. The van der Waals surface area contributed by atoms with Gasteiger partial charge in [-0.25, -0.2) is 4.98 Å². The van der Waals surface area contributed by atoms with Gasteiger partial charge in [0.25, 0.3) is 0 Å². The standard InChI is InChI=1S/C17H19N3O.ClH/c1-11-6-13(8-18)7-12(2)17(11)21-9-14-4-3-5-15-16(14)20-10-19-15;/h6-7,10,14H,3-5,9H2,1-2H3,(H,19,20);1H.